The number of aromatic nitrogens is 5. The largest absolute Gasteiger partial charge is 0.477 e. The third-order valence-corrected chi connectivity index (χ3v) is 14.7. The van der Waals surface area contributed by atoms with Gasteiger partial charge in [-0.15, -0.1) is 0 Å². The van der Waals surface area contributed by atoms with Crippen LogP contribution in [0, 0.1) is 18.8 Å². The van der Waals surface area contributed by atoms with E-state index in [1.54, 1.807) is 29.1 Å². The summed E-state index contributed by atoms with van der Waals surface area (Å²) in [7, 11) is 1.85. The van der Waals surface area contributed by atoms with E-state index in [0.29, 0.717) is 71.3 Å². The lowest BCUT2D eigenvalue weighted by Crippen LogP contribution is -2.69. The highest BCUT2D eigenvalue weighted by Gasteiger charge is 2.47. The van der Waals surface area contributed by atoms with Gasteiger partial charge in [-0.05, 0) is 118 Å². The second-order valence-electron chi connectivity index (χ2n) is 19.3. The fourth-order valence-corrected chi connectivity index (χ4v) is 11.2. The van der Waals surface area contributed by atoms with Crippen LogP contribution in [-0.2, 0) is 29.7 Å². The highest BCUT2D eigenvalue weighted by molar-refractivity contribution is 6.23. The van der Waals surface area contributed by atoms with Crippen LogP contribution in [0.5, 0.6) is 5.88 Å². The Morgan fingerprint density at radius 3 is 2.44 bits per heavy atom. The number of piperidine rings is 3. The molecule has 5 aromatic rings. The van der Waals surface area contributed by atoms with Gasteiger partial charge in [0.25, 0.3) is 17.7 Å². The zero-order valence-electron chi connectivity index (χ0n) is 37.7. The van der Waals surface area contributed by atoms with Crippen molar-refractivity contribution >= 4 is 52.2 Å². The Hall–Kier alpha value is -6.46. The van der Waals surface area contributed by atoms with Crippen molar-refractivity contribution in [2.45, 2.75) is 90.0 Å². The van der Waals surface area contributed by atoms with Crippen LogP contribution in [0.2, 0.25) is 0 Å². The van der Waals surface area contributed by atoms with Crippen molar-refractivity contribution in [3.05, 3.63) is 82.7 Å². The zero-order chi connectivity index (χ0) is 45.4. The van der Waals surface area contributed by atoms with Crippen LogP contribution < -0.4 is 20.3 Å². The smallest absolute Gasteiger partial charge is 0.262 e. The highest BCUT2D eigenvalue weighted by atomic mass is 16.5. The SMILES string of the molecule is Cc1cc2cc(n1)-c1cnn(C)c1OCCC[C@@H](C)Cn1c(nc3ccc(CN4CCC(CN5C6CC5CN(c5ccc7c(c5)C(=O)N(C5CCC(=O)NC5=O)C7=O)C6)CC4)cc31)NC2=O. The molecule has 17 nitrogen and oxygen atoms in total. The van der Waals surface area contributed by atoms with Crippen molar-refractivity contribution in [2.24, 2.45) is 18.9 Å². The number of fused-ring (bicyclic) bond motifs is 10. The molecule has 3 aromatic heterocycles. The van der Waals surface area contributed by atoms with E-state index in [4.69, 9.17) is 14.7 Å². The lowest BCUT2D eigenvalue weighted by Gasteiger charge is -2.58. The number of nitrogens with one attached hydrogen (secondary N) is 2. The molecule has 2 aromatic carbocycles. The molecule has 5 amide bonds. The second kappa shape index (κ2) is 16.8. The van der Waals surface area contributed by atoms with Crippen LogP contribution in [-0.4, -0.2) is 126 Å². The summed E-state index contributed by atoms with van der Waals surface area (Å²) >= 11 is 0. The minimum atomic E-state index is -0.971. The molecule has 0 aliphatic carbocycles. The molecule has 342 valence electrons. The van der Waals surface area contributed by atoms with Crippen molar-refractivity contribution in [1.29, 1.82) is 0 Å². The first kappa shape index (κ1) is 42.2. The number of carbonyl (C=O) groups is 5. The Kier molecular flexibility index (Phi) is 10.7. The molecular formula is C49H55N11O6. The minimum Gasteiger partial charge on any atom is -0.477 e. The molecule has 5 saturated heterocycles. The van der Waals surface area contributed by atoms with E-state index in [0.717, 1.165) is 104 Å². The number of aryl methyl sites for hydroxylation is 2. The van der Waals surface area contributed by atoms with E-state index in [2.05, 4.69) is 60.1 Å². The quantitative estimate of drug-likeness (QED) is 0.223. The van der Waals surface area contributed by atoms with Crippen molar-refractivity contribution in [2.75, 3.05) is 49.5 Å². The summed E-state index contributed by atoms with van der Waals surface area (Å²) in [5.74, 6) is -0.0675. The number of hydrogen-bond donors (Lipinski definition) is 2. The van der Waals surface area contributed by atoms with E-state index in [-0.39, 0.29) is 24.7 Å². The summed E-state index contributed by atoms with van der Waals surface area (Å²) in [4.78, 5) is 83.2. The monoisotopic (exact) mass is 893 g/mol. The third-order valence-electron chi connectivity index (χ3n) is 14.7. The molecule has 7 aliphatic heterocycles. The standard InChI is InChI=1S/C49H55N11O6/c1-28-5-4-16-66-48-38(22-50-55(48)3)40-19-32(17-29(2)51-40)44(62)54-49-52-39-9-6-31(18-42(39)59(49)23-28)24-56-14-12-30(13-15-56)25-58-34-20-35(58)27-57(26-34)33-7-8-36-37(21-33)47(65)60(46(36)64)41-10-11-43(61)53-45(41)63/h6-9,17-19,21-22,28,30,34-35,41H,4-5,10-16,20,23-27H2,1-3H3,(H,52,54,62)(H,53,61,63)/t28-,34?,35?,41?/m1/s1. The molecule has 4 atom stereocenters. The van der Waals surface area contributed by atoms with Crippen LogP contribution in [0.3, 0.4) is 0 Å². The molecule has 17 heteroatoms. The average Bonchev–Trinajstić information content (AvgIpc) is 3.93. The Bertz CT molecular complexity index is 2800. The number of piperazine rings is 1. The van der Waals surface area contributed by atoms with Gasteiger partial charge in [-0.2, -0.15) is 5.10 Å². The van der Waals surface area contributed by atoms with Crippen LogP contribution in [0.25, 0.3) is 22.3 Å². The number of ether oxygens (including phenoxy) is 1. The maximum atomic E-state index is 13.9. The van der Waals surface area contributed by atoms with Gasteiger partial charge in [-0.25, -0.2) is 9.67 Å². The van der Waals surface area contributed by atoms with Gasteiger partial charge >= 0.3 is 0 Å². The molecule has 5 fully saturated rings. The predicted molar refractivity (Wildman–Crippen MR) is 245 cm³/mol. The van der Waals surface area contributed by atoms with E-state index in [9.17, 15) is 24.0 Å². The van der Waals surface area contributed by atoms with Gasteiger partial charge in [-0.3, -0.25) is 54.3 Å². The van der Waals surface area contributed by atoms with Gasteiger partial charge < -0.3 is 14.2 Å². The Balaban J connectivity index is 0.718. The summed E-state index contributed by atoms with van der Waals surface area (Å²) in [6, 6.07) is 15.4. The van der Waals surface area contributed by atoms with Crippen LogP contribution in [0.1, 0.15) is 94.2 Å². The number of carbonyl (C=O) groups excluding carboxylic acids is 5. The van der Waals surface area contributed by atoms with Gasteiger partial charge in [0.05, 0.1) is 46.2 Å². The normalized spacial score (nSPS) is 24.2. The summed E-state index contributed by atoms with van der Waals surface area (Å²) in [6.45, 7) is 11.1. The van der Waals surface area contributed by atoms with E-state index in [1.165, 1.54) is 5.56 Å². The highest BCUT2D eigenvalue weighted by Crippen LogP contribution is 2.39. The summed E-state index contributed by atoms with van der Waals surface area (Å²) in [5.41, 5.74) is 7.27. The number of rotatable bonds is 6. The summed E-state index contributed by atoms with van der Waals surface area (Å²) < 4.78 is 10.2. The molecule has 2 N–H and O–H groups in total. The summed E-state index contributed by atoms with van der Waals surface area (Å²) in [6.07, 6.45) is 7.22. The average molecular weight is 894 g/mol. The first-order chi connectivity index (χ1) is 31.9. The lowest BCUT2D eigenvalue weighted by atomic mass is 9.84. The minimum absolute atomic E-state index is 0.0960. The molecule has 3 unspecified atom stereocenters. The molecule has 12 rings (SSSR count). The molecule has 4 bridgehead atoms. The molecule has 0 radical (unpaired) electrons. The fourth-order valence-electron chi connectivity index (χ4n) is 11.2. The first-order valence-corrected chi connectivity index (χ1v) is 23.5. The molecule has 66 heavy (non-hydrogen) atoms. The maximum Gasteiger partial charge on any atom is 0.262 e. The van der Waals surface area contributed by atoms with Gasteiger partial charge in [0.2, 0.25) is 23.6 Å². The topological polar surface area (TPSA) is 180 Å². The summed E-state index contributed by atoms with van der Waals surface area (Å²) in [5, 5.41) is 9.85. The molecule has 7 aliphatic rings. The van der Waals surface area contributed by atoms with E-state index in [1.807, 2.05) is 26.1 Å². The fraction of sp³-hybridized carbons (Fsp3) is 0.469. The van der Waals surface area contributed by atoms with Gasteiger partial charge in [-0.1, -0.05) is 13.0 Å². The molecule has 0 spiro atoms. The zero-order valence-corrected chi connectivity index (χ0v) is 37.7. The van der Waals surface area contributed by atoms with Gasteiger partial charge in [0.1, 0.15) is 6.04 Å². The predicted octanol–water partition coefficient (Wildman–Crippen LogP) is 4.78. The number of anilines is 2. The number of imidazole rings is 1. The van der Waals surface area contributed by atoms with E-state index >= 15 is 0 Å². The second-order valence-corrected chi connectivity index (χ2v) is 19.3. The Labute approximate surface area is 382 Å². The third kappa shape index (κ3) is 7.70. The van der Waals surface area contributed by atoms with Crippen LogP contribution in [0.15, 0.2) is 54.7 Å². The van der Waals surface area contributed by atoms with Crippen molar-refractivity contribution in [3.63, 3.8) is 0 Å². The van der Waals surface area contributed by atoms with Crippen LogP contribution >= 0.6 is 0 Å². The number of hydrogen-bond acceptors (Lipinski definition) is 12. The van der Waals surface area contributed by atoms with Crippen molar-refractivity contribution in [3.8, 4) is 17.1 Å². The van der Waals surface area contributed by atoms with Gasteiger partial charge in [0.15, 0.2) is 0 Å². The number of benzene rings is 2. The van der Waals surface area contributed by atoms with Crippen molar-refractivity contribution in [1.82, 2.24) is 44.3 Å². The molecule has 10 heterocycles. The Morgan fingerprint density at radius 1 is 0.833 bits per heavy atom. The number of pyridine rings is 1. The number of imide groups is 2. The van der Waals surface area contributed by atoms with E-state index < -0.39 is 23.8 Å². The molecular weight excluding hydrogens is 839 g/mol. The Morgan fingerprint density at radius 2 is 1.64 bits per heavy atom. The van der Waals surface area contributed by atoms with Gasteiger partial charge in [0, 0.05) is 75.2 Å². The first-order valence-electron chi connectivity index (χ1n) is 23.5. The van der Waals surface area contributed by atoms with Crippen LogP contribution in [0.4, 0.5) is 11.6 Å². The van der Waals surface area contributed by atoms with Crippen molar-refractivity contribution < 1.29 is 28.7 Å². The molecule has 0 saturated carbocycles. The lowest BCUT2D eigenvalue weighted by molar-refractivity contribution is -0.136. The maximum absolute atomic E-state index is 13.9. The number of likely N-dealkylation sites (tertiary alicyclic amines) is 1. The number of amides is 5. The number of nitrogens with zero attached hydrogens (tertiary/aromatic N) is 9.